The van der Waals surface area contributed by atoms with Crippen molar-refractivity contribution in [3.8, 4) is 5.75 Å². The predicted octanol–water partition coefficient (Wildman–Crippen LogP) is 3.06. The van der Waals surface area contributed by atoms with E-state index in [4.69, 9.17) is 16.3 Å². The first-order chi connectivity index (χ1) is 8.70. The Morgan fingerprint density at radius 2 is 2.39 bits per heavy atom. The van der Waals surface area contributed by atoms with E-state index in [2.05, 4.69) is 5.32 Å². The monoisotopic (exact) mass is 267 g/mol. The minimum atomic E-state index is 0.138. The van der Waals surface area contributed by atoms with E-state index in [1.165, 1.54) is 0 Å². The number of ketones is 1. The second-order valence-electron chi connectivity index (χ2n) is 4.50. The van der Waals surface area contributed by atoms with Crippen LogP contribution in [0.4, 0.5) is 0 Å². The highest BCUT2D eigenvalue weighted by molar-refractivity contribution is 6.32. The van der Waals surface area contributed by atoms with Gasteiger partial charge in [0.05, 0.1) is 11.6 Å². The smallest absolute Gasteiger partial charge is 0.164 e. The van der Waals surface area contributed by atoms with E-state index < -0.39 is 0 Å². The second-order valence-corrected chi connectivity index (χ2v) is 4.91. The van der Waals surface area contributed by atoms with Gasteiger partial charge < -0.3 is 10.1 Å². The molecule has 0 spiro atoms. The lowest BCUT2D eigenvalue weighted by Gasteiger charge is -2.10. The Kier molecular flexibility index (Phi) is 4.61. The van der Waals surface area contributed by atoms with Crippen LogP contribution in [-0.4, -0.2) is 25.0 Å². The maximum atomic E-state index is 12.1. The zero-order chi connectivity index (χ0) is 13.0. The molecule has 0 aromatic heterocycles. The Morgan fingerprint density at radius 3 is 3.00 bits per heavy atom. The number of benzene rings is 1. The lowest BCUT2D eigenvalue weighted by atomic mass is 10.0. The molecule has 0 radical (unpaired) electrons. The van der Waals surface area contributed by atoms with E-state index in [0.29, 0.717) is 35.4 Å². The van der Waals surface area contributed by atoms with E-state index in [-0.39, 0.29) is 5.78 Å². The van der Waals surface area contributed by atoms with Crippen LogP contribution in [0.25, 0.3) is 0 Å². The van der Waals surface area contributed by atoms with Gasteiger partial charge in [0.1, 0.15) is 5.75 Å². The summed E-state index contributed by atoms with van der Waals surface area (Å²) in [5, 5.41) is 3.83. The van der Waals surface area contributed by atoms with Gasteiger partial charge in [-0.1, -0.05) is 11.6 Å². The summed E-state index contributed by atoms with van der Waals surface area (Å²) in [6.45, 7) is 3.49. The van der Waals surface area contributed by atoms with Crippen LogP contribution in [0.15, 0.2) is 18.2 Å². The van der Waals surface area contributed by atoms with Crippen LogP contribution >= 0.6 is 11.6 Å². The third-order valence-corrected chi connectivity index (χ3v) is 3.44. The van der Waals surface area contributed by atoms with E-state index in [1.54, 1.807) is 18.2 Å². The molecule has 1 unspecified atom stereocenters. The average Bonchev–Trinajstić information content (AvgIpc) is 2.84. The number of hydrogen-bond donors (Lipinski definition) is 1. The Morgan fingerprint density at radius 1 is 1.56 bits per heavy atom. The number of carbonyl (C=O) groups is 1. The molecule has 0 bridgehead atoms. The average molecular weight is 268 g/mol. The van der Waals surface area contributed by atoms with Crippen molar-refractivity contribution in [3.63, 3.8) is 0 Å². The highest BCUT2D eigenvalue weighted by Crippen LogP contribution is 2.26. The fourth-order valence-corrected chi connectivity index (χ4v) is 2.45. The molecule has 1 atom stereocenters. The molecule has 0 aliphatic carbocycles. The summed E-state index contributed by atoms with van der Waals surface area (Å²) in [7, 11) is 0. The molecule has 1 aliphatic heterocycles. The summed E-state index contributed by atoms with van der Waals surface area (Å²) in [6, 6.07) is 5.57. The third-order valence-electron chi connectivity index (χ3n) is 3.15. The Balaban J connectivity index is 2.03. The molecule has 0 saturated carbocycles. The summed E-state index contributed by atoms with van der Waals surface area (Å²) in [4.78, 5) is 12.1. The number of rotatable bonds is 5. The van der Waals surface area contributed by atoms with Gasteiger partial charge in [-0.3, -0.25) is 4.79 Å². The number of halogens is 1. The van der Waals surface area contributed by atoms with Crippen molar-refractivity contribution in [2.75, 3.05) is 13.2 Å². The van der Waals surface area contributed by atoms with Gasteiger partial charge in [-0.05, 0) is 44.5 Å². The highest BCUT2D eigenvalue weighted by atomic mass is 35.5. The van der Waals surface area contributed by atoms with Gasteiger partial charge in [-0.2, -0.15) is 0 Å². The number of ether oxygens (including phenoxy) is 1. The molecular weight excluding hydrogens is 250 g/mol. The summed E-state index contributed by atoms with van der Waals surface area (Å²) in [6.07, 6.45) is 2.78. The number of nitrogens with one attached hydrogen (secondary N) is 1. The second kappa shape index (κ2) is 6.21. The van der Waals surface area contributed by atoms with Crippen molar-refractivity contribution in [2.45, 2.75) is 32.2 Å². The van der Waals surface area contributed by atoms with Gasteiger partial charge in [0.2, 0.25) is 0 Å². The van der Waals surface area contributed by atoms with E-state index in [1.807, 2.05) is 6.92 Å². The fraction of sp³-hybridized carbons (Fsp3) is 0.500. The van der Waals surface area contributed by atoms with Crippen molar-refractivity contribution in [3.05, 3.63) is 28.8 Å². The SMILES string of the molecule is CCOc1ccc(C(=O)CC2CCCN2)cc1Cl. The standard InChI is InChI=1S/C14H18ClNO2/c1-2-18-14-6-5-10(8-12(14)15)13(17)9-11-4-3-7-16-11/h5-6,8,11,16H,2-4,7,9H2,1H3. The van der Waals surface area contributed by atoms with Crippen LogP contribution in [0, 0.1) is 0 Å². The topological polar surface area (TPSA) is 38.3 Å². The van der Waals surface area contributed by atoms with Gasteiger partial charge >= 0.3 is 0 Å². The largest absolute Gasteiger partial charge is 0.492 e. The third kappa shape index (κ3) is 3.24. The molecule has 1 heterocycles. The van der Waals surface area contributed by atoms with Crippen molar-refractivity contribution >= 4 is 17.4 Å². The quantitative estimate of drug-likeness (QED) is 0.834. The molecule has 2 rings (SSSR count). The minimum Gasteiger partial charge on any atom is -0.492 e. The minimum absolute atomic E-state index is 0.138. The Labute approximate surface area is 112 Å². The van der Waals surface area contributed by atoms with Crippen molar-refractivity contribution in [1.82, 2.24) is 5.32 Å². The van der Waals surface area contributed by atoms with Crippen LogP contribution < -0.4 is 10.1 Å². The van der Waals surface area contributed by atoms with Crippen LogP contribution in [0.3, 0.4) is 0 Å². The Bertz CT molecular complexity index is 428. The first kappa shape index (κ1) is 13.4. The zero-order valence-corrected chi connectivity index (χ0v) is 11.3. The van der Waals surface area contributed by atoms with Gasteiger partial charge in [0.15, 0.2) is 5.78 Å². The summed E-state index contributed by atoms with van der Waals surface area (Å²) in [5.74, 6) is 0.772. The zero-order valence-electron chi connectivity index (χ0n) is 10.5. The van der Waals surface area contributed by atoms with E-state index in [9.17, 15) is 4.79 Å². The maximum absolute atomic E-state index is 12.1. The fourth-order valence-electron chi connectivity index (χ4n) is 2.22. The first-order valence-electron chi connectivity index (χ1n) is 6.39. The van der Waals surface area contributed by atoms with Gasteiger partial charge in [-0.25, -0.2) is 0 Å². The molecular formula is C14H18ClNO2. The van der Waals surface area contributed by atoms with E-state index >= 15 is 0 Å². The molecule has 3 nitrogen and oxygen atoms in total. The van der Waals surface area contributed by atoms with Crippen LogP contribution in [0.1, 0.15) is 36.5 Å². The van der Waals surface area contributed by atoms with Crippen molar-refractivity contribution in [2.24, 2.45) is 0 Å². The normalized spacial score (nSPS) is 18.9. The lowest BCUT2D eigenvalue weighted by Crippen LogP contribution is -2.24. The highest BCUT2D eigenvalue weighted by Gasteiger charge is 2.19. The van der Waals surface area contributed by atoms with Crippen LogP contribution in [0.5, 0.6) is 5.75 Å². The summed E-state index contributed by atoms with van der Waals surface area (Å²) in [5.41, 5.74) is 0.664. The molecule has 4 heteroatoms. The lowest BCUT2D eigenvalue weighted by molar-refractivity contribution is 0.0971. The number of carbonyl (C=O) groups excluding carboxylic acids is 1. The van der Waals surface area contributed by atoms with Crippen molar-refractivity contribution in [1.29, 1.82) is 0 Å². The molecule has 98 valence electrons. The molecule has 1 fully saturated rings. The summed E-state index contributed by atoms with van der Waals surface area (Å²) < 4.78 is 5.35. The molecule has 1 aromatic carbocycles. The molecule has 1 aromatic rings. The molecule has 0 amide bonds. The predicted molar refractivity (Wildman–Crippen MR) is 72.6 cm³/mol. The van der Waals surface area contributed by atoms with Gasteiger partial charge in [-0.15, -0.1) is 0 Å². The molecule has 18 heavy (non-hydrogen) atoms. The van der Waals surface area contributed by atoms with Gasteiger partial charge in [0, 0.05) is 18.0 Å². The first-order valence-corrected chi connectivity index (χ1v) is 6.77. The number of Topliss-reactive ketones (excluding diaryl/α,β-unsaturated/α-hetero) is 1. The van der Waals surface area contributed by atoms with Gasteiger partial charge in [0.25, 0.3) is 0 Å². The number of hydrogen-bond acceptors (Lipinski definition) is 3. The molecule has 1 N–H and O–H groups in total. The Hall–Kier alpha value is -1.06. The molecule has 1 saturated heterocycles. The van der Waals surface area contributed by atoms with E-state index in [0.717, 1.165) is 19.4 Å². The van der Waals surface area contributed by atoms with Crippen LogP contribution in [0.2, 0.25) is 5.02 Å². The molecule has 1 aliphatic rings. The van der Waals surface area contributed by atoms with Crippen molar-refractivity contribution < 1.29 is 9.53 Å². The summed E-state index contributed by atoms with van der Waals surface area (Å²) >= 11 is 6.08. The van der Waals surface area contributed by atoms with Crippen LogP contribution in [-0.2, 0) is 0 Å². The maximum Gasteiger partial charge on any atom is 0.164 e.